The quantitative estimate of drug-likeness (QED) is 0.231. The average Bonchev–Trinajstić information content (AvgIpc) is 2.83. The number of anilines is 1. The molecular weight excluding hydrogens is 525 g/mol. The van der Waals surface area contributed by atoms with Gasteiger partial charge in [-0.25, -0.2) is 4.79 Å². The average molecular weight is 553 g/mol. The summed E-state index contributed by atoms with van der Waals surface area (Å²) in [6.45, 7) is 4.53. The van der Waals surface area contributed by atoms with Crippen molar-refractivity contribution in [1.82, 2.24) is 4.90 Å². The number of halogens is 3. The number of urea groups is 1. The fourth-order valence-corrected chi connectivity index (χ4v) is 4.83. The molecular formula is C26H27F3N2O4S2. The topological polar surface area (TPSA) is 75.7 Å². The number of thioether (sulfide) groups is 1. The SMILES string of the molecule is CSc1ccc(NC(=O)N(Cc2cccc(OS(=O)(=O)c3cccc(C(F)(F)F)c3)c2)CC(C)C)cc1. The first-order valence-corrected chi connectivity index (χ1v) is 13.9. The standard InChI is InChI=1S/C26H27F3N2O4S2/c1-18(2)16-31(25(32)30-21-10-12-23(36-3)13-11-21)17-19-6-4-8-22(14-19)35-37(33,34)24-9-5-7-20(15-24)26(27,28)29/h4-15,18H,16-17H2,1-3H3,(H,30,32). The molecule has 0 unspecified atom stereocenters. The number of benzene rings is 3. The van der Waals surface area contributed by atoms with E-state index < -0.39 is 26.8 Å². The highest BCUT2D eigenvalue weighted by molar-refractivity contribution is 7.98. The molecule has 6 nitrogen and oxygen atoms in total. The maximum atomic E-state index is 13.0. The van der Waals surface area contributed by atoms with Crippen LogP contribution in [0.25, 0.3) is 0 Å². The van der Waals surface area contributed by atoms with E-state index in [0.29, 0.717) is 23.9 Å². The second-order valence-corrected chi connectivity index (χ2v) is 11.1. The lowest BCUT2D eigenvalue weighted by atomic mass is 10.1. The maximum Gasteiger partial charge on any atom is 0.416 e. The Labute approximate surface area is 219 Å². The van der Waals surface area contributed by atoms with E-state index in [1.165, 1.54) is 12.1 Å². The van der Waals surface area contributed by atoms with E-state index >= 15 is 0 Å². The van der Waals surface area contributed by atoms with Crippen molar-refractivity contribution in [3.63, 3.8) is 0 Å². The molecule has 0 aliphatic heterocycles. The van der Waals surface area contributed by atoms with Crippen LogP contribution in [0.15, 0.2) is 82.6 Å². The summed E-state index contributed by atoms with van der Waals surface area (Å²) in [4.78, 5) is 15.1. The Kier molecular flexibility index (Phi) is 9.14. The monoisotopic (exact) mass is 552 g/mol. The molecule has 11 heteroatoms. The zero-order valence-corrected chi connectivity index (χ0v) is 22.1. The van der Waals surface area contributed by atoms with E-state index in [0.717, 1.165) is 23.1 Å². The van der Waals surface area contributed by atoms with Crippen molar-refractivity contribution in [3.05, 3.63) is 83.9 Å². The first-order chi connectivity index (χ1) is 17.4. The third-order valence-corrected chi connectivity index (χ3v) is 7.13. The Morgan fingerprint density at radius 1 is 1.03 bits per heavy atom. The maximum absolute atomic E-state index is 13.0. The molecule has 0 saturated heterocycles. The number of nitrogens with one attached hydrogen (secondary N) is 1. The first-order valence-electron chi connectivity index (χ1n) is 11.3. The van der Waals surface area contributed by atoms with Gasteiger partial charge in [0.2, 0.25) is 0 Å². The van der Waals surface area contributed by atoms with E-state index in [1.807, 2.05) is 44.4 Å². The predicted molar refractivity (Wildman–Crippen MR) is 138 cm³/mol. The molecule has 0 aliphatic carbocycles. The molecule has 37 heavy (non-hydrogen) atoms. The Morgan fingerprint density at radius 2 is 1.70 bits per heavy atom. The molecule has 0 aliphatic rings. The Balaban J connectivity index is 1.77. The zero-order chi connectivity index (χ0) is 27.2. The second-order valence-electron chi connectivity index (χ2n) is 8.64. The lowest BCUT2D eigenvalue weighted by Crippen LogP contribution is -2.37. The van der Waals surface area contributed by atoms with Gasteiger partial charge < -0.3 is 14.4 Å². The van der Waals surface area contributed by atoms with E-state index in [2.05, 4.69) is 5.32 Å². The number of carbonyl (C=O) groups is 1. The highest BCUT2D eigenvalue weighted by atomic mass is 32.2. The third-order valence-electron chi connectivity index (χ3n) is 5.14. The van der Waals surface area contributed by atoms with E-state index in [9.17, 15) is 26.4 Å². The molecule has 3 aromatic rings. The van der Waals surface area contributed by atoms with Gasteiger partial charge in [-0.05, 0) is 72.3 Å². The van der Waals surface area contributed by atoms with Crippen LogP contribution in [-0.4, -0.2) is 32.1 Å². The van der Waals surface area contributed by atoms with Gasteiger partial charge in [0.1, 0.15) is 10.6 Å². The molecule has 0 radical (unpaired) electrons. The Morgan fingerprint density at radius 3 is 2.32 bits per heavy atom. The van der Waals surface area contributed by atoms with Crippen LogP contribution in [0.1, 0.15) is 25.0 Å². The smallest absolute Gasteiger partial charge is 0.379 e. The Bertz CT molecular complexity index is 1330. The van der Waals surface area contributed by atoms with Crippen molar-refractivity contribution in [3.8, 4) is 5.75 Å². The Hall–Kier alpha value is -3.18. The van der Waals surface area contributed by atoms with Crippen LogP contribution in [-0.2, 0) is 22.8 Å². The van der Waals surface area contributed by atoms with E-state index in [-0.39, 0.29) is 24.2 Å². The molecule has 3 aromatic carbocycles. The molecule has 0 saturated carbocycles. The third kappa shape index (κ3) is 8.16. The normalized spacial score (nSPS) is 11.9. The van der Waals surface area contributed by atoms with Crippen LogP contribution in [0.2, 0.25) is 0 Å². The molecule has 0 heterocycles. The minimum atomic E-state index is -4.69. The summed E-state index contributed by atoms with van der Waals surface area (Å²) >= 11 is 1.59. The molecule has 198 valence electrons. The van der Waals surface area contributed by atoms with Gasteiger partial charge in [-0.15, -0.1) is 11.8 Å². The molecule has 3 rings (SSSR count). The summed E-state index contributed by atoms with van der Waals surface area (Å²) in [6, 6.07) is 16.5. The van der Waals surface area contributed by atoms with Crippen molar-refractivity contribution in [2.75, 3.05) is 18.1 Å². The van der Waals surface area contributed by atoms with Gasteiger partial charge in [0, 0.05) is 23.7 Å². The fraction of sp³-hybridized carbons (Fsp3) is 0.269. The lowest BCUT2D eigenvalue weighted by molar-refractivity contribution is -0.137. The van der Waals surface area contributed by atoms with Crippen LogP contribution in [0.4, 0.5) is 23.7 Å². The van der Waals surface area contributed by atoms with Crippen LogP contribution >= 0.6 is 11.8 Å². The summed E-state index contributed by atoms with van der Waals surface area (Å²) in [5.41, 5.74) is 0.135. The van der Waals surface area contributed by atoms with Gasteiger partial charge in [-0.3, -0.25) is 0 Å². The summed E-state index contributed by atoms with van der Waals surface area (Å²) < 4.78 is 69.5. The van der Waals surface area contributed by atoms with Crippen molar-refractivity contribution in [1.29, 1.82) is 0 Å². The first kappa shape index (κ1) is 28.4. The van der Waals surface area contributed by atoms with Gasteiger partial charge >= 0.3 is 22.3 Å². The van der Waals surface area contributed by atoms with Crippen LogP contribution in [0.3, 0.4) is 0 Å². The summed E-state index contributed by atoms with van der Waals surface area (Å²) in [7, 11) is -4.52. The van der Waals surface area contributed by atoms with Crippen LogP contribution < -0.4 is 9.50 Å². The second kappa shape index (κ2) is 11.9. The minimum absolute atomic E-state index is 0.0764. The number of rotatable bonds is 9. The molecule has 0 bridgehead atoms. The van der Waals surface area contributed by atoms with Gasteiger partial charge in [0.25, 0.3) is 0 Å². The summed E-state index contributed by atoms with van der Waals surface area (Å²) in [5, 5.41) is 2.87. The number of hydrogen-bond acceptors (Lipinski definition) is 5. The predicted octanol–water partition coefficient (Wildman–Crippen LogP) is 6.89. The number of hydrogen-bond donors (Lipinski definition) is 1. The summed E-state index contributed by atoms with van der Waals surface area (Å²) in [5.74, 6) is 0.0813. The van der Waals surface area contributed by atoms with Gasteiger partial charge in [0.15, 0.2) is 0 Å². The molecule has 2 amide bonds. The highest BCUT2D eigenvalue weighted by Crippen LogP contribution is 2.31. The van der Waals surface area contributed by atoms with Crippen molar-refractivity contribution in [2.24, 2.45) is 5.92 Å². The minimum Gasteiger partial charge on any atom is -0.379 e. The fourth-order valence-electron chi connectivity index (χ4n) is 3.46. The van der Waals surface area contributed by atoms with E-state index in [4.69, 9.17) is 4.18 Å². The van der Waals surface area contributed by atoms with Gasteiger partial charge in [-0.2, -0.15) is 21.6 Å². The lowest BCUT2D eigenvalue weighted by Gasteiger charge is -2.25. The molecule has 0 atom stereocenters. The van der Waals surface area contributed by atoms with Crippen molar-refractivity contribution >= 4 is 33.6 Å². The number of nitrogens with zero attached hydrogens (tertiary/aromatic N) is 1. The van der Waals surface area contributed by atoms with Gasteiger partial charge in [-0.1, -0.05) is 32.0 Å². The number of alkyl halides is 3. The number of amides is 2. The molecule has 0 aromatic heterocycles. The zero-order valence-electron chi connectivity index (χ0n) is 20.5. The summed E-state index contributed by atoms with van der Waals surface area (Å²) in [6.07, 6.45) is -2.73. The molecule has 0 spiro atoms. The van der Waals surface area contributed by atoms with Crippen LogP contribution in [0.5, 0.6) is 5.75 Å². The highest BCUT2D eigenvalue weighted by Gasteiger charge is 2.32. The van der Waals surface area contributed by atoms with Crippen molar-refractivity contribution in [2.45, 2.75) is 36.4 Å². The largest absolute Gasteiger partial charge is 0.416 e. The van der Waals surface area contributed by atoms with Crippen molar-refractivity contribution < 1.29 is 30.6 Å². The van der Waals surface area contributed by atoms with Gasteiger partial charge in [0.05, 0.1) is 5.56 Å². The molecule has 0 fully saturated rings. The van der Waals surface area contributed by atoms with Crippen LogP contribution in [0, 0.1) is 5.92 Å². The van der Waals surface area contributed by atoms with E-state index in [1.54, 1.807) is 28.8 Å². The number of carbonyl (C=O) groups excluding carboxylic acids is 1. The molecule has 1 N–H and O–H groups in total.